The van der Waals surface area contributed by atoms with Crippen molar-refractivity contribution in [2.45, 2.75) is 50.7 Å². The van der Waals surface area contributed by atoms with Gasteiger partial charge in [0.25, 0.3) is 5.91 Å². The first-order chi connectivity index (χ1) is 7.88. The first kappa shape index (κ1) is 12.4. The van der Waals surface area contributed by atoms with Crippen LogP contribution in [0.5, 0.6) is 0 Å². The summed E-state index contributed by atoms with van der Waals surface area (Å²) in [4.78, 5) is 23.4. The van der Waals surface area contributed by atoms with E-state index in [2.05, 4.69) is 5.32 Å². The summed E-state index contributed by atoms with van der Waals surface area (Å²) < 4.78 is 5.42. The van der Waals surface area contributed by atoms with Crippen LogP contribution < -0.4 is 5.32 Å². The zero-order chi connectivity index (χ0) is 12.7. The maximum atomic E-state index is 12.1. The second kappa shape index (κ2) is 3.98. The van der Waals surface area contributed by atoms with Crippen LogP contribution in [0.2, 0.25) is 0 Å². The van der Waals surface area contributed by atoms with Crippen molar-refractivity contribution in [2.75, 3.05) is 6.61 Å². The standard InChI is InChI=1S/C12H19NO4/c1-11(6-3-7-17-11)9(14)13-12(2,10(15)16)8-4-5-8/h8H,3-7H2,1-2H3,(H,13,14)(H,15,16). The van der Waals surface area contributed by atoms with Gasteiger partial charge in [0.15, 0.2) is 0 Å². The SMILES string of the molecule is CC1(C(=O)NC(C)(C(=O)O)C2CC2)CCCO1. The molecule has 2 fully saturated rings. The van der Waals surface area contributed by atoms with Gasteiger partial charge in [0.1, 0.15) is 11.1 Å². The molecule has 0 bridgehead atoms. The number of hydrogen-bond acceptors (Lipinski definition) is 3. The summed E-state index contributed by atoms with van der Waals surface area (Å²) in [5, 5.41) is 11.9. The molecule has 2 N–H and O–H groups in total. The normalized spacial score (nSPS) is 31.9. The second-order valence-electron chi connectivity index (χ2n) is 5.42. The summed E-state index contributed by atoms with van der Waals surface area (Å²) in [5.74, 6) is -1.21. The molecule has 2 unspecified atom stereocenters. The fourth-order valence-electron chi connectivity index (χ4n) is 2.32. The van der Waals surface area contributed by atoms with E-state index in [9.17, 15) is 14.7 Å². The Morgan fingerprint density at radius 2 is 2.12 bits per heavy atom. The number of carboxylic acids is 1. The van der Waals surface area contributed by atoms with E-state index in [-0.39, 0.29) is 11.8 Å². The Morgan fingerprint density at radius 3 is 2.53 bits per heavy atom. The number of carboxylic acid groups (broad SMARTS) is 1. The molecule has 1 saturated heterocycles. The fourth-order valence-corrected chi connectivity index (χ4v) is 2.32. The lowest BCUT2D eigenvalue weighted by atomic mass is 9.93. The Bertz CT molecular complexity index is 344. The molecule has 96 valence electrons. The summed E-state index contributed by atoms with van der Waals surface area (Å²) in [6.45, 7) is 3.88. The maximum Gasteiger partial charge on any atom is 0.329 e. The van der Waals surface area contributed by atoms with Crippen LogP contribution in [0, 0.1) is 5.92 Å². The van der Waals surface area contributed by atoms with Gasteiger partial charge < -0.3 is 15.2 Å². The summed E-state index contributed by atoms with van der Waals surface area (Å²) in [5.41, 5.74) is -2.00. The first-order valence-corrected chi connectivity index (χ1v) is 6.08. The Morgan fingerprint density at radius 1 is 1.47 bits per heavy atom. The summed E-state index contributed by atoms with van der Waals surface area (Å²) in [6, 6.07) is 0. The van der Waals surface area contributed by atoms with Crippen molar-refractivity contribution in [1.82, 2.24) is 5.32 Å². The molecule has 2 atom stereocenters. The fraction of sp³-hybridized carbons (Fsp3) is 0.833. The van der Waals surface area contributed by atoms with Gasteiger partial charge in [-0.05, 0) is 45.4 Å². The van der Waals surface area contributed by atoms with E-state index in [0.29, 0.717) is 13.0 Å². The average Bonchev–Trinajstić information content (AvgIpc) is 3.02. The highest BCUT2D eigenvalue weighted by Gasteiger charge is 2.51. The van der Waals surface area contributed by atoms with Crippen molar-refractivity contribution in [3.63, 3.8) is 0 Å². The van der Waals surface area contributed by atoms with Crippen molar-refractivity contribution >= 4 is 11.9 Å². The van der Waals surface area contributed by atoms with Gasteiger partial charge in [0.2, 0.25) is 0 Å². The topological polar surface area (TPSA) is 75.6 Å². The minimum Gasteiger partial charge on any atom is -0.480 e. The third-order valence-electron chi connectivity index (χ3n) is 3.91. The number of ether oxygens (including phenoxy) is 1. The molecule has 1 saturated carbocycles. The highest BCUT2D eigenvalue weighted by molar-refractivity contribution is 5.91. The van der Waals surface area contributed by atoms with E-state index < -0.39 is 17.1 Å². The molecule has 1 heterocycles. The number of carbonyl (C=O) groups is 2. The predicted octanol–water partition coefficient (Wildman–Crippen LogP) is 0.925. The molecular weight excluding hydrogens is 222 g/mol. The van der Waals surface area contributed by atoms with Gasteiger partial charge in [-0.2, -0.15) is 0 Å². The molecule has 1 aliphatic heterocycles. The molecule has 0 radical (unpaired) electrons. The third-order valence-corrected chi connectivity index (χ3v) is 3.91. The lowest BCUT2D eigenvalue weighted by molar-refractivity contribution is -0.152. The number of rotatable bonds is 4. The molecule has 0 spiro atoms. The quantitative estimate of drug-likeness (QED) is 0.767. The van der Waals surface area contributed by atoms with Gasteiger partial charge in [0.05, 0.1) is 0 Å². The van der Waals surface area contributed by atoms with Crippen molar-refractivity contribution in [3.05, 3.63) is 0 Å². The van der Waals surface area contributed by atoms with Crippen LogP contribution in [-0.2, 0) is 14.3 Å². The van der Waals surface area contributed by atoms with Crippen LogP contribution >= 0.6 is 0 Å². The number of aliphatic carboxylic acids is 1. The summed E-state index contributed by atoms with van der Waals surface area (Å²) in [7, 11) is 0. The van der Waals surface area contributed by atoms with E-state index in [1.165, 1.54) is 0 Å². The van der Waals surface area contributed by atoms with E-state index in [1.54, 1.807) is 13.8 Å². The zero-order valence-corrected chi connectivity index (χ0v) is 10.3. The predicted molar refractivity (Wildman–Crippen MR) is 60.5 cm³/mol. The van der Waals surface area contributed by atoms with Gasteiger partial charge >= 0.3 is 5.97 Å². The molecule has 2 aliphatic rings. The average molecular weight is 241 g/mol. The van der Waals surface area contributed by atoms with Crippen LogP contribution in [0.4, 0.5) is 0 Å². The monoisotopic (exact) mass is 241 g/mol. The third kappa shape index (κ3) is 2.16. The molecule has 5 heteroatoms. The largest absolute Gasteiger partial charge is 0.480 e. The van der Waals surface area contributed by atoms with Crippen molar-refractivity contribution in [2.24, 2.45) is 5.92 Å². The Balaban J connectivity index is 2.08. The van der Waals surface area contributed by atoms with Crippen molar-refractivity contribution in [3.8, 4) is 0 Å². The van der Waals surface area contributed by atoms with Crippen LogP contribution in [0.25, 0.3) is 0 Å². The minimum atomic E-state index is -1.15. The molecule has 5 nitrogen and oxygen atoms in total. The van der Waals surface area contributed by atoms with Gasteiger partial charge in [-0.1, -0.05) is 0 Å². The van der Waals surface area contributed by atoms with Gasteiger partial charge in [0, 0.05) is 6.61 Å². The second-order valence-corrected chi connectivity index (χ2v) is 5.42. The lowest BCUT2D eigenvalue weighted by Gasteiger charge is -2.31. The maximum absolute atomic E-state index is 12.1. The van der Waals surface area contributed by atoms with E-state index in [1.807, 2.05) is 0 Å². The van der Waals surface area contributed by atoms with Crippen LogP contribution in [0.1, 0.15) is 39.5 Å². The van der Waals surface area contributed by atoms with Gasteiger partial charge in [-0.15, -0.1) is 0 Å². The Labute approximate surface area is 101 Å². The molecule has 2 rings (SSSR count). The highest BCUT2D eigenvalue weighted by atomic mass is 16.5. The molecule has 1 amide bonds. The van der Waals surface area contributed by atoms with Crippen LogP contribution in [-0.4, -0.2) is 34.7 Å². The minimum absolute atomic E-state index is 0.0500. The van der Waals surface area contributed by atoms with Crippen LogP contribution in [0.15, 0.2) is 0 Å². The van der Waals surface area contributed by atoms with E-state index in [4.69, 9.17) is 4.74 Å². The number of nitrogens with one attached hydrogen (secondary N) is 1. The molecule has 0 aromatic carbocycles. The summed E-state index contributed by atoms with van der Waals surface area (Å²) >= 11 is 0. The van der Waals surface area contributed by atoms with Gasteiger partial charge in [-0.25, -0.2) is 4.79 Å². The Hall–Kier alpha value is -1.10. The van der Waals surface area contributed by atoms with E-state index in [0.717, 1.165) is 19.3 Å². The lowest BCUT2D eigenvalue weighted by Crippen LogP contribution is -2.59. The molecule has 0 aromatic heterocycles. The zero-order valence-electron chi connectivity index (χ0n) is 10.3. The number of carbonyl (C=O) groups excluding carboxylic acids is 1. The van der Waals surface area contributed by atoms with E-state index >= 15 is 0 Å². The summed E-state index contributed by atoms with van der Waals surface area (Å²) in [6.07, 6.45) is 3.22. The Kier molecular flexibility index (Phi) is 2.89. The van der Waals surface area contributed by atoms with Gasteiger partial charge in [-0.3, -0.25) is 4.79 Å². The molecule has 1 aliphatic carbocycles. The smallest absolute Gasteiger partial charge is 0.329 e. The highest BCUT2D eigenvalue weighted by Crippen LogP contribution is 2.40. The van der Waals surface area contributed by atoms with Crippen molar-refractivity contribution < 1.29 is 19.4 Å². The molecular formula is C12H19NO4. The van der Waals surface area contributed by atoms with Crippen molar-refractivity contribution in [1.29, 1.82) is 0 Å². The molecule has 0 aromatic rings. The number of amides is 1. The van der Waals surface area contributed by atoms with Crippen LogP contribution in [0.3, 0.4) is 0 Å². The molecule has 17 heavy (non-hydrogen) atoms. The number of hydrogen-bond donors (Lipinski definition) is 2. The first-order valence-electron chi connectivity index (χ1n) is 6.08.